The number of benzene rings is 2. The van der Waals surface area contributed by atoms with Crippen molar-refractivity contribution < 1.29 is 4.79 Å². The van der Waals surface area contributed by atoms with E-state index in [4.69, 9.17) is 4.98 Å². The van der Waals surface area contributed by atoms with Gasteiger partial charge in [-0.1, -0.05) is 36.4 Å². The minimum Gasteiger partial charge on any atom is -0.351 e. The molecule has 0 aliphatic carbocycles. The molecule has 7 heteroatoms. The standard InChI is InChI=1S/C28H26N4O2S/c1-18-8-2-3-9-19(18)21-13-12-20-25(33)24(27(34)29-14-17-31-15-6-7-16-31)28-32(26(20)30-21)22-10-4-5-11-23(22)35-28/h2-5,8-13H,6-7,14-17H2,1H3,(H,29,34). The van der Waals surface area contributed by atoms with E-state index in [9.17, 15) is 9.59 Å². The number of likely N-dealkylation sites (tertiary alicyclic amines) is 1. The molecule has 1 N–H and O–H groups in total. The maximum Gasteiger partial charge on any atom is 0.258 e. The number of amides is 1. The number of carbonyl (C=O) groups is 1. The van der Waals surface area contributed by atoms with Crippen LogP contribution in [0.15, 0.2) is 65.5 Å². The van der Waals surface area contributed by atoms with Crippen LogP contribution < -0.4 is 10.7 Å². The number of thiazole rings is 1. The Morgan fingerprint density at radius 1 is 1.03 bits per heavy atom. The van der Waals surface area contributed by atoms with E-state index in [1.165, 1.54) is 24.2 Å². The second-order valence-corrected chi connectivity index (χ2v) is 10.1. The Bertz CT molecular complexity index is 1650. The molecule has 6 rings (SSSR count). The molecule has 0 bridgehead atoms. The molecule has 1 fully saturated rings. The molecule has 0 unspecified atom stereocenters. The Morgan fingerprint density at radius 3 is 2.63 bits per heavy atom. The molecule has 4 heterocycles. The van der Waals surface area contributed by atoms with E-state index in [2.05, 4.69) is 23.2 Å². The smallest absolute Gasteiger partial charge is 0.258 e. The number of para-hydroxylation sites is 1. The van der Waals surface area contributed by atoms with Gasteiger partial charge in [-0.25, -0.2) is 4.98 Å². The van der Waals surface area contributed by atoms with Gasteiger partial charge >= 0.3 is 0 Å². The largest absolute Gasteiger partial charge is 0.351 e. The molecular formula is C28H26N4O2S. The summed E-state index contributed by atoms with van der Waals surface area (Å²) in [5, 5.41) is 3.46. The van der Waals surface area contributed by atoms with Crippen LogP contribution in [0.25, 0.3) is 37.3 Å². The highest BCUT2D eigenvalue weighted by atomic mass is 32.1. The molecule has 35 heavy (non-hydrogen) atoms. The number of rotatable bonds is 5. The summed E-state index contributed by atoms with van der Waals surface area (Å²) in [6.07, 6.45) is 2.42. The fraction of sp³-hybridized carbons (Fsp3) is 0.250. The van der Waals surface area contributed by atoms with Crippen LogP contribution in [0.2, 0.25) is 0 Å². The SMILES string of the molecule is Cc1ccccc1-c1ccc2c(=O)c(C(=O)NCCN3CCCC3)c3sc4ccccc4n3c2n1. The van der Waals surface area contributed by atoms with Crippen LogP contribution in [0.3, 0.4) is 0 Å². The van der Waals surface area contributed by atoms with Crippen LogP contribution in [0.4, 0.5) is 0 Å². The predicted octanol–water partition coefficient (Wildman–Crippen LogP) is 4.86. The molecule has 1 amide bonds. The molecule has 1 aliphatic heterocycles. The lowest BCUT2D eigenvalue weighted by Crippen LogP contribution is -2.35. The van der Waals surface area contributed by atoms with Crippen molar-refractivity contribution in [1.82, 2.24) is 19.6 Å². The highest BCUT2D eigenvalue weighted by Crippen LogP contribution is 2.32. The predicted molar refractivity (Wildman–Crippen MR) is 143 cm³/mol. The Hall–Kier alpha value is -3.55. The molecule has 1 saturated heterocycles. The summed E-state index contributed by atoms with van der Waals surface area (Å²) in [5.41, 5.74) is 4.40. The summed E-state index contributed by atoms with van der Waals surface area (Å²) in [6.45, 7) is 5.53. The molecule has 0 spiro atoms. The van der Waals surface area contributed by atoms with Crippen molar-refractivity contribution in [3.63, 3.8) is 0 Å². The average molecular weight is 483 g/mol. The first-order valence-electron chi connectivity index (χ1n) is 12.1. The summed E-state index contributed by atoms with van der Waals surface area (Å²) in [7, 11) is 0. The van der Waals surface area contributed by atoms with E-state index in [1.54, 1.807) is 0 Å². The number of fused-ring (bicyclic) bond motifs is 5. The third kappa shape index (κ3) is 3.81. The van der Waals surface area contributed by atoms with Crippen LogP contribution >= 0.6 is 11.3 Å². The monoisotopic (exact) mass is 482 g/mol. The molecule has 0 atom stereocenters. The zero-order chi connectivity index (χ0) is 23.9. The van der Waals surface area contributed by atoms with Crippen LogP contribution in [0.1, 0.15) is 28.8 Å². The molecule has 6 nitrogen and oxygen atoms in total. The number of aromatic nitrogens is 2. The second kappa shape index (κ2) is 8.91. The molecule has 3 aromatic heterocycles. The van der Waals surface area contributed by atoms with E-state index < -0.39 is 0 Å². The van der Waals surface area contributed by atoms with Crippen molar-refractivity contribution >= 4 is 43.3 Å². The number of hydrogen-bond acceptors (Lipinski definition) is 5. The van der Waals surface area contributed by atoms with Gasteiger partial charge in [0.15, 0.2) is 0 Å². The number of aryl methyl sites for hydroxylation is 1. The van der Waals surface area contributed by atoms with Crippen molar-refractivity contribution in [3.05, 3.63) is 82.0 Å². The Balaban J connectivity index is 1.52. The highest BCUT2D eigenvalue weighted by Gasteiger charge is 2.23. The summed E-state index contributed by atoms with van der Waals surface area (Å²) < 4.78 is 2.99. The quantitative estimate of drug-likeness (QED) is 0.388. The molecule has 1 aliphatic rings. The highest BCUT2D eigenvalue weighted by molar-refractivity contribution is 7.24. The van der Waals surface area contributed by atoms with Crippen LogP contribution in [-0.4, -0.2) is 46.4 Å². The van der Waals surface area contributed by atoms with Crippen molar-refractivity contribution in [2.75, 3.05) is 26.2 Å². The first-order chi connectivity index (χ1) is 17.1. The van der Waals surface area contributed by atoms with Gasteiger partial charge in [-0.3, -0.25) is 14.0 Å². The molecule has 2 aromatic carbocycles. The van der Waals surface area contributed by atoms with Gasteiger partial charge in [0.25, 0.3) is 5.91 Å². The fourth-order valence-electron chi connectivity index (χ4n) is 5.02. The Labute approximate surface area is 206 Å². The molecule has 5 aromatic rings. The molecule has 176 valence electrons. The third-order valence-electron chi connectivity index (χ3n) is 6.85. The maximum absolute atomic E-state index is 13.7. The Morgan fingerprint density at radius 2 is 1.80 bits per heavy atom. The number of nitrogens with zero attached hydrogens (tertiary/aromatic N) is 3. The van der Waals surface area contributed by atoms with E-state index >= 15 is 0 Å². The minimum absolute atomic E-state index is 0.200. The van der Waals surface area contributed by atoms with Crippen LogP contribution in [-0.2, 0) is 0 Å². The topological polar surface area (TPSA) is 66.7 Å². The summed E-state index contributed by atoms with van der Waals surface area (Å²) >= 11 is 1.46. The van der Waals surface area contributed by atoms with Gasteiger partial charge in [0.1, 0.15) is 16.0 Å². The maximum atomic E-state index is 13.7. The van der Waals surface area contributed by atoms with Gasteiger partial charge in [-0.2, -0.15) is 0 Å². The number of hydrogen-bond donors (Lipinski definition) is 1. The third-order valence-corrected chi connectivity index (χ3v) is 7.99. The lowest BCUT2D eigenvalue weighted by Gasteiger charge is -2.15. The van der Waals surface area contributed by atoms with Gasteiger partial charge in [-0.05, 0) is 62.7 Å². The number of nitrogens with one attached hydrogen (secondary N) is 1. The van der Waals surface area contributed by atoms with Crippen molar-refractivity contribution in [1.29, 1.82) is 0 Å². The van der Waals surface area contributed by atoms with Gasteiger partial charge < -0.3 is 10.2 Å². The summed E-state index contributed by atoms with van der Waals surface area (Å²) in [5.74, 6) is -0.317. The minimum atomic E-state index is -0.317. The lowest BCUT2D eigenvalue weighted by molar-refractivity contribution is 0.0950. The van der Waals surface area contributed by atoms with Crippen molar-refractivity contribution in [2.45, 2.75) is 19.8 Å². The zero-order valence-electron chi connectivity index (χ0n) is 19.6. The normalized spacial score (nSPS) is 14.3. The summed E-state index contributed by atoms with van der Waals surface area (Å²) in [6, 6.07) is 19.8. The van der Waals surface area contributed by atoms with E-state index in [1.807, 2.05) is 59.0 Å². The molecular weight excluding hydrogens is 456 g/mol. The first-order valence-corrected chi connectivity index (χ1v) is 12.9. The first kappa shape index (κ1) is 21.9. The average Bonchev–Trinajstić information content (AvgIpc) is 3.52. The van der Waals surface area contributed by atoms with Crippen LogP contribution in [0, 0.1) is 6.92 Å². The summed E-state index contributed by atoms with van der Waals surface area (Å²) in [4.78, 5) is 35.0. The number of pyridine rings is 2. The molecule has 0 radical (unpaired) electrons. The van der Waals surface area contributed by atoms with Gasteiger partial charge in [-0.15, -0.1) is 11.3 Å². The number of carbonyl (C=O) groups excluding carboxylic acids is 1. The Kier molecular flexibility index (Phi) is 5.59. The van der Waals surface area contributed by atoms with Crippen molar-refractivity contribution in [3.8, 4) is 11.3 Å². The second-order valence-electron chi connectivity index (χ2n) is 9.10. The van der Waals surface area contributed by atoms with Crippen LogP contribution in [0.5, 0.6) is 0 Å². The van der Waals surface area contributed by atoms with E-state index in [0.717, 1.165) is 46.7 Å². The zero-order valence-corrected chi connectivity index (χ0v) is 20.4. The van der Waals surface area contributed by atoms with Gasteiger partial charge in [0, 0.05) is 18.7 Å². The van der Waals surface area contributed by atoms with E-state index in [-0.39, 0.29) is 16.9 Å². The van der Waals surface area contributed by atoms with Gasteiger partial charge in [0.2, 0.25) is 5.43 Å². The van der Waals surface area contributed by atoms with Crippen molar-refractivity contribution in [2.24, 2.45) is 0 Å². The fourth-order valence-corrected chi connectivity index (χ4v) is 6.20. The van der Waals surface area contributed by atoms with Gasteiger partial charge in [0.05, 0.1) is 21.3 Å². The molecule has 0 saturated carbocycles. The van der Waals surface area contributed by atoms with E-state index in [0.29, 0.717) is 22.4 Å². The lowest BCUT2D eigenvalue weighted by atomic mass is 10.0.